The first-order chi connectivity index (χ1) is 17.9. The van der Waals surface area contributed by atoms with Gasteiger partial charge in [0.1, 0.15) is 5.60 Å². The predicted octanol–water partition coefficient (Wildman–Crippen LogP) is 5.13. The first-order valence-electron chi connectivity index (χ1n) is 12.6. The van der Waals surface area contributed by atoms with Crippen LogP contribution in [0.25, 0.3) is 21.7 Å². The second kappa shape index (κ2) is 10.6. The molecular formula is C32H33BrN2O2+2. The fourth-order valence-electron chi connectivity index (χ4n) is 5.41. The molecule has 5 rings (SSSR count). The quantitative estimate of drug-likeness (QED) is 0.278. The molecule has 0 aliphatic carbocycles. The summed E-state index contributed by atoms with van der Waals surface area (Å²) in [5.74, 6) is 0.271. The van der Waals surface area contributed by atoms with Crippen molar-refractivity contribution in [1.82, 2.24) is 0 Å². The number of fused-ring (bicyclic) bond motifs is 2. The van der Waals surface area contributed by atoms with E-state index in [0.29, 0.717) is 12.3 Å². The van der Waals surface area contributed by atoms with E-state index in [9.17, 15) is 5.11 Å². The molecule has 0 saturated carbocycles. The number of ether oxygens (including phenoxy) is 1. The summed E-state index contributed by atoms with van der Waals surface area (Å²) in [7, 11) is 5.94. The van der Waals surface area contributed by atoms with E-state index in [1.165, 1.54) is 4.90 Å². The van der Waals surface area contributed by atoms with E-state index in [-0.39, 0.29) is 5.92 Å². The summed E-state index contributed by atoms with van der Waals surface area (Å²) >= 11 is 3.62. The molecule has 0 radical (unpaired) electrons. The lowest BCUT2D eigenvalue weighted by Crippen LogP contribution is -3.05. The third-order valence-electron chi connectivity index (χ3n) is 7.22. The van der Waals surface area contributed by atoms with Crippen LogP contribution in [-0.2, 0) is 5.60 Å². The van der Waals surface area contributed by atoms with Crippen molar-refractivity contribution in [3.05, 3.63) is 118 Å². The minimum atomic E-state index is -1.21. The van der Waals surface area contributed by atoms with Crippen molar-refractivity contribution < 1.29 is 19.7 Å². The highest BCUT2D eigenvalue weighted by Gasteiger charge is 2.44. The van der Waals surface area contributed by atoms with Crippen LogP contribution in [-0.4, -0.2) is 32.9 Å². The number of quaternary nitrogens is 1. The molecule has 5 heteroatoms. The van der Waals surface area contributed by atoms with Gasteiger partial charge in [0.05, 0.1) is 39.2 Å². The minimum absolute atomic E-state index is 0.381. The Bertz CT molecular complexity index is 1530. The molecule has 0 fully saturated rings. The van der Waals surface area contributed by atoms with Crippen LogP contribution in [0.3, 0.4) is 0 Å². The Balaban J connectivity index is 1.84. The summed E-state index contributed by atoms with van der Waals surface area (Å²) in [6.07, 6.45) is 0.572. The number of hydrogen-bond acceptors (Lipinski definition) is 2. The second-order valence-electron chi connectivity index (χ2n) is 9.99. The molecule has 188 valence electrons. The molecule has 1 heterocycles. The summed E-state index contributed by atoms with van der Waals surface area (Å²) in [6.45, 7) is 0.800. The van der Waals surface area contributed by atoms with Crippen LogP contribution < -0.4 is 14.6 Å². The van der Waals surface area contributed by atoms with Crippen molar-refractivity contribution in [2.24, 2.45) is 0 Å². The molecule has 4 nitrogen and oxygen atoms in total. The van der Waals surface area contributed by atoms with E-state index in [4.69, 9.17) is 4.74 Å². The first-order valence-corrected chi connectivity index (χ1v) is 13.4. The van der Waals surface area contributed by atoms with E-state index in [1.54, 1.807) is 7.11 Å². The summed E-state index contributed by atoms with van der Waals surface area (Å²) in [6, 6.07) is 33.2. The number of H-pyrrole nitrogens is 1. The third kappa shape index (κ3) is 4.99. The number of halogens is 1. The highest BCUT2D eigenvalue weighted by molar-refractivity contribution is 9.10. The minimum Gasteiger partial charge on any atom is -0.448 e. The monoisotopic (exact) mass is 556 g/mol. The van der Waals surface area contributed by atoms with Crippen molar-refractivity contribution in [3.8, 4) is 5.88 Å². The molecular weight excluding hydrogens is 524 g/mol. The molecule has 3 N–H and O–H groups in total. The zero-order valence-corrected chi connectivity index (χ0v) is 23.0. The standard InChI is InChI=1S/C32H31BrN2O2/c1-35(2)19-18-32(36,28-15-9-13-22-10-7-8-14-26(22)28)30(23-11-5-4-6-12-23)27-21-24-20-25(33)16-17-29(24)34-31(27)37-3/h4-17,20-21,30,36H,18-19H2,1-3H3/p+2/t30-,32-/m1/s1. The molecule has 1 aromatic heterocycles. The van der Waals surface area contributed by atoms with Gasteiger partial charge in [-0.25, -0.2) is 0 Å². The van der Waals surface area contributed by atoms with E-state index >= 15 is 0 Å². The Labute approximate surface area is 226 Å². The topological polar surface area (TPSA) is 48.0 Å². The zero-order valence-electron chi connectivity index (χ0n) is 21.5. The fourth-order valence-corrected chi connectivity index (χ4v) is 5.79. The summed E-state index contributed by atoms with van der Waals surface area (Å²) in [5, 5.41) is 16.3. The van der Waals surface area contributed by atoms with Gasteiger partial charge in [-0.3, -0.25) is 0 Å². The van der Waals surface area contributed by atoms with Crippen LogP contribution in [0.2, 0.25) is 0 Å². The first kappa shape index (κ1) is 25.4. The van der Waals surface area contributed by atoms with Crippen molar-refractivity contribution >= 4 is 37.6 Å². The smallest absolute Gasteiger partial charge is 0.370 e. The zero-order chi connectivity index (χ0) is 26.0. The number of pyridine rings is 1. The Morgan fingerprint density at radius 1 is 0.892 bits per heavy atom. The lowest BCUT2D eigenvalue weighted by Gasteiger charge is -2.38. The van der Waals surface area contributed by atoms with Gasteiger partial charge in [-0.15, -0.1) is 0 Å². The Morgan fingerprint density at radius 2 is 1.62 bits per heavy atom. The summed E-state index contributed by atoms with van der Waals surface area (Å²) < 4.78 is 6.95. The molecule has 0 amide bonds. The number of rotatable bonds is 8. The van der Waals surface area contributed by atoms with Gasteiger partial charge in [0.2, 0.25) is 5.52 Å². The van der Waals surface area contributed by atoms with E-state index < -0.39 is 5.60 Å². The van der Waals surface area contributed by atoms with Crippen LogP contribution in [0.4, 0.5) is 0 Å². The number of aromatic amines is 1. The van der Waals surface area contributed by atoms with E-state index in [1.807, 2.05) is 48.5 Å². The van der Waals surface area contributed by atoms with Gasteiger partial charge >= 0.3 is 5.88 Å². The Hall–Kier alpha value is -3.25. The molecule has 37 heavy (non-hydrogen) atoms. The van der Waals surface area contributed by atoms with Gasteiger partial charge in [-0.1, -0.05) is 88.7 Å². The average Bonchev–Trinajstić information content (AvgIpc) is 2.92. The van der Waals surface area contributed by atoms with Crippen molar-refractivity contribution in [2.75, 3.05) is 27.7 Å². The number of aliphatic hydroxyl groups is 1. The van der Waals surface area contributed by atoms with Gasteiger partial charge in [0.15, 0.2) is 0 Å². The van der Waals surface area contributed by atoms with Crippen LogP contribution in [0, 0.1) is 0 Å². The van der Waals surface area contributed by atoms with Gasteiger partial charge in [0.25, 0.3) is 0 Å². The molecule has 0 bridgehead atoms. The lowest BCUT2D eigenvalue weighted by atomic mass is 9.70. The SMILES string of the molecule is COc1[nH+]c2ccc(Br)cc2cc1[C@@H](c1ccccc1)[C@@](O)(CC[NH+](C)C)c1cccc2ccccc12. The maximum absolute atomic E-state index is 13.1. The van der Waals surface area contributed by atoms with Gasteiger partial charge in [-0.2, -0.15) is 4.98 Å². The molecule has 0 unspecified atom stereocenters. The van der Waals surface area contributed by atoms with Gasteiger partial charge in [0, 0.05) is 22.3 Å². The molecule has 0 aliphatic heterocycles. The molecule has 0 aliphatic rings. The lowest BCUT2D eigenvalue weighted by molar-refractivity contribution is -0.859. The Kier molecular flexibility index (Phi) is 7.29. The molecule has 5 aromatic rings. The van der Waals surface area contributed by atoms with Crippen molar-refractivity contribution in [1.29, 1.82) is 0 Å². The maximum Gasteiger partial charge on any atom is 0.370 e. The van der Waals surface area contributed by atoms with Gasteiger partial charge < -0.3 is 14.7 Å². The van der Waals surface area contributed by atoms with Gasteiger partial charge in [-0.05, 0) is 40.1 Å². The number of nitrogens with one attached hydrogen (secondary N) is 2. The molecule has 0 spiro atoms. The number of methoxy groups -OCH3 is 1. The van der Waals surface area contributed by atoms with Crippen LogP contribution >= 0.6 is 15.9 Å². The molecule has 0 saturated heterocycles. The predicted molar refractivity (Wildman–Crippen MR) is 153 cm³/mol. The van der Waals surface area contributed by atoms with E-state index in [0.717, 1.165) is 49.4 Å². The number of aromatic nitrogens is 1. The third-order valence-corrected chi connectivity index (χ3v) is 7.72. The second-order valence-corrected chi connectivity index (χ2v) is 10.9. The molecule has 2 atom stereocenters. The van der Waals surface area contributed by atoms with Crippen molar-refractivity contribution in [3.63, 3.8) is 0 Å². The van der Waals surface area contributed by atoms with Crippen molar-refractivity contribution in [2.45, 2.75) is 17.9 Å². The molecule has 4 aromatic carbocycles. The van der Waals surface area contributed by atoms with Crippen LogP contribution in [0.15, 0.2) is 102 Å². The number of hydrogen-bond donors (Lipinski definition) is 2. The highest BCUT2D eigenvalue weighted by atomic mass is 79.9. The maximum atomic E-state index is 13.1. The normalized spacial score (nSPS) is 14.1. The highest BCUT2D eigenvalue weighted by Crippen LogP contribution is 2.48. The van der Waals surface area contributed by atoms with E-state index in [2.05, 4.69) is 83.5 Å². The number of benzene rings is 4. The fraction of sp³-hybridized carbons (Fsp3) is 0.219. The largest absolute Gasteiger partial charge is 0.448 e. The van der Waals surface area contributed by atoms with Crippen LogP contribution in [0.1, 0.15) is 29.0 Å². The average molecular weight is 558 g/mol. The Morgan fingerprint density at radius 3 is 2.38 bits per heavy atom. The van der Waals surface area contributed by atoms with Crippen LogP contribution in [0.5, 0.6) is 5.88 Å². The summed E-state index contributed by atoms with van der Waals surface area (Å²) in [5.41, 5.74) is 2.65. The summed E-state index contributed by atoms with van der Waals surface area (Å²) in [4.78, 5) is 4.77.